The standard InChI is InChI=1S/C11H8ClIN2O3S/c12-10-5-9(6-14-11(10)16)19(17,18)15-8-3-1-7(13)2-4-8/h1-6,15H,(H,14,16). The van der Waals surface area contributed by atoms with E-state index >= 15 is 0 Å². The number of pyridine rings is 1. The summed E-state index contributed by atoms with van der Waals surface area (Å²) in [6.07, 6.45) is 1.10. The molecule has 0 bridgehead atoms. The van der Waals surface area contributed by atoms with Crippen molar-refractivity contribution < 1.29 is 8.42 Å². The van der Waals surface area contributed by atoms with Crippen molar-refractivity contribution in [2.24, 2.45) is 0 Å². The van der Waals surface area contributed by atoms with Gasteiger partial charge in [0, 0.05) is 15.5 Å². The molecule has 19 heavy (non-hydrogen) atoms. The van der Waals surface area contributed by atoms with Crippen LogP contribution >= 0.6 is 34.2 Å². The molecule has 0 atom stereocenters. The van der Waals surface area contributed by atoms with Crippen LogP contribution in [0, 0.1) is 3.57 Å². The minimum absolute atomic E-state index is 0.101. The molecule has 0 aliphatic rings. The molecular weight excluding hydrogens is 403 g/mol. The first-order chi connectivity index (χ1) is 8.88. The Morgan fingerprint density at radius 1 is 1.21 bits per heavy atom. The predicted octanol–water partition coefficient (Wildman–Crippen LogP) is 2.43. The average molecular weight is 411 g/mol. The van der Waals surface area contributed by atoms with Gasteiger partial charge in [0.05, 0.1) is 0 Å². The Balaban J connectivity index is 2.34. The lowest BCUT2D eigenvalue weighted by Gasteiger charge is -2.08. The lowest BCUT2D eigenvalue weighted by Crippen LogP contribution is -2.16. The number of hydrogen-bond donors (Lipinski definition) is 2. The average Bonchev–Trinajstić information content (AvgIpc) is 2.35. The summed E-state index contributed by atoms with van der Waals surface area (Å²) < 4.78 is 27.5. The topological polar surface area (TPSA) is 79.0 Å². The highest BCUT2D eigenvalue weighted by Gasteiger charge is 2.15. The highest BCUT2D eigenvalue weighted by Crippen LogP contribution is 2.17. The lowest BCUT2D eigenvalue weighted by molar-refractivity contribution is 0.600. The SMILES string of the molecule is O=c1[nH]cc(S(=O)(=O)Nc2ccc(I)cc2)cc1Cl. The van der Waals surface area contributed by atoms with Crippen LogP contribution in [0.15, 0.2) is 46.2 Å². The Hall–Kier alpha value is -1.06. The molecular formula is C11H8ClIN2O3S. The highest BCUT2D eigenvalue weighted by atomic mass is 127. The van der Waals surface area contributed by atoms with Crippen LogP contribution in [0.5, 0.6) is 0 Å². The number of nitrogens with one attached hydrogen (secondary N) is 2. The van der Waals surface area contributed by atoms with Crippen molar-refractivity contribution in [3.8, 4) is 0 Å². The third-order valence-corrected chi connectivity index (χ3v) is 4.60. The minimum atomic E-state index is -3.77. The summed E-state index contributed by atoms with van der Waals surface area (Å²) >= 11 is 7.73. The van der Waals surface area contributed by atoms with Gasteiger partial charge in [-0.2, -0.15) is 0 Å². The number of halogens is 2. The molecule has 0 saturated carbocycles. The van der Waals surface area contributed by atoms with E-state index in [9.17, 15) is 13.2 Å². The molecule has 2 aromatic rings. The van der Waals surface area contributed by atoms with Crippen molar-refractivity contribution in [1.29, 1.82) is 0 Å². The molecule has 1 aromatic carbocycles. The first-order valence-corrected chi connectivity index (χ1v) is 7.99. The van der Waals surface area contributed by atoms with Crippen LogP contribution in [-0.4, -0.2) is 13.4 Å². The smallest absolute Gasteiger partial charge is 0.266 e. The Kier molecular flexibility index (Phi) is 4.16. The molecule has 2 rings (SSSR count). The van der Waals surface area contributed by atoms with Crippen molar-refractivity contribution in [2.75, 3.05) is 4.72 Å². The molecule has 0 fully saturated rings. The number of anilines is 1. The van der Waals surface area contributed by atoms with Crippen LogP contribution in [0.25, 0.3) is 0 Å². The summed E-state index contributed by atoms with van der Waals surface area (Å²) in [7, 11) is -3.77. The molecule has 0 radical (unpaired) electrons. The van der Waals surface area contributed by atoms with Crippen molar-refractivity contribution >= 4 is 49.9 Å². The Morgan fingerprint density at radius 3 is 2.42 bits per heavy atom. The number of aromatic amines is 1. The second-order valence-corrected chi connectivity index (χ2v) is 6.96. The largest absolute Gasteiger partial charge is 0.326 e. The van der Waals surface area contributed by atoms with E-state index in [1.54, 1.807) is 24.3 Å². The van der Waals surface area contributed by atoms with Gasteiger partial charge in [0.1, 0.15) is 9.92 Å². The van der Waals surface area contributed by atoms with E-state index in [4.69, 9.17) is 11.6 Å². The monoisotopic (exact) mass is 410 g/mol. The number of H-pyrrole nitrogens is 1. The van der Waals surface area contributed by atoms with E-state index in [-0.39, 0.29) is 9.92 Å². The lowest BCUT2D eigenvalue weighted by atomic mass is 10.3. The van der Waals surface area contributed by atoms with Gasteiger partial charge in [-0.05, 0) is 52.9 Å². The summed E-state index contributed by atoms with van der Waals surface area (Å²) in [5.41, 5.74) is -0.0994. The summed E-state index contributed by atoms with van der Waals surface area (Å²) in [5, 5.41) is -0.175. The normalized spacial score (nSPS) is 11.3. The van der Waals surface area contributed by atoms with Gasteiger partial charge in [-0.3, -0.25) is 9.52 Å². The maximum atomic E-state index is 12.1. The number of hydrogen-bond acceptors (Lipinski definition) is 3. The summed E-state index contributed by atoms with van der Waals surface area (Å²) in [6, 6.07) is 7.95. The number of aromatic nitrogens is 1. The molecule has 1 aromatic heterocycles. The van der Waals surface area contributed by atoms with Crippen molar-refractivity contribution in [2.45, 2.75) is 4.90 Å². The maximum absolute atomic E-state index is 12.1. The van der Waals surface area contributed by atoms with E-state index in [1.165, 1.54) is 0 Å². The molecule has 0 saturated heterocycles. The first kappa shape index (κ1) is 14.4. The van der Waals surface area contributed by atoms with Gasteiger partial charge >= 0.3 is 0 Å². The first-order valence-electron chi connectivity index (χ1n) is 5.05. The predicted molar refractivity (Wildman–Crippen MR) is 82.0 cm³/mol. The van der Waals surface area contributed by atoms with Gasteiger partial charge in [0.15, 0.2) is 0 Å². The Bertz CT molecular complexity index is 756. The van der Waals surface area contributed by atoms with Crippen molar-refractivity contribution in [3.05, 3.63) is 55.5 Å². The van der Waals surface area contributed by atoms with Crippen LogP contribution in [-0.2, 0) is 10.0 Å². The van der Waals surface area contributed by atoms with Gasteiger partial charge < -0.3 is 4.98 Å². The summed E-state index contributed by atoms with van der Waals surface area (Å²) in [6.45, 7) is 0. The van der Waals surface area contributed by atoms with Crippen LogP contribution in [0.2, 0.25) is 5.02 Å². The van der Waals surface area contributed by atoms with Gasteiger partial charge in [-0.25, -0.2) is 8.42 Å². The number of benzene rings is 1. The summed E-state index contributed by atoms with van der Waals surface area (Å²) in [4.78, 5) is 13.3. The zero-order chi connectivity index (χ0) is 14.0. The van der Waals surface area contributed by atoms with E-state index in [0.717, 1.165) is 15.8 Å². The molecule has 2 N–H and O–H groups in total. The molecule has 0 amide bonds. The Labute approximate surface area is 128 Å². The molecule has 1 heterocycles. The van der Waals surface area contributed by atoms with Gasteiger partial charge in [0.25, 0.3) is 15.6 Å². The van der Waals surface area contributed by atoms with Crippen LogP contribution < -0.4 is 10.3 Å². The third kappa shape index (κ3) is 3.48. The maximum Gasteiger partial charge on any atom is 0.266 e. The van der Waals surface area contributed by atoms with E-state index in [1.807, 2.05) is 0 Å². The second kappa shape index (κ2) is 5.51. The molecule has 5 nitrogen and oxygen atoms in total. The third-order valence-electron chi connectivity index (χ3n) is 2.24. The molecule has 0 aliphatic carbocycles. The molecule has 100 valence electrons. The van der Waals surface area contributed by atoms with Gasteiger partial charge in [-0.15, -0.1) is 0 Å². The highest BCUT2D eigenvalue weighted by molar-refractivity contribution is 14.1. The second-order valence-electron chi connectivity index (χ2n) is 3.62. The molecule has 0 unspecified atom stereocenters. The fraction of sp³-hybridized carbons (Fsp3) is 0. The molecule has 0 aliphatic heterocycles. The number of sulfonamides is 1. The van der Waals surface area contributed by atoms with Crippen LogP contribution in [0.3, 0.4) is 0 Å². The van der Waals surface area contributed by atoms with E-state index in [2.05, 4.69) is 32.3 Å². The fourth-order valence-electron chi connectivity index (χ4n) is 1.32. The zero-order valence-electron chi connectivity index (χ0n) is 9.35. The number of rotatable bonds is 3. The fourth-order valence-corrected chi connectivity index (χ4v) is 2.97. The zero-order valence-corrected chi connectivity index (χ0v) is 13.1. The van der Waals surface area contributed by atoms with E-state index < -0.39 is 15.6 Å². The minimum Gasteiger partial charge on any atom is -0.326 e. The van der Waals surface area contributed by atoms with Crippen LogP contribution in [0.4, 0.5) is 5.69 Å². The van der Waals surface area contributed by atoms with Gasteiger partial charge in [-0.1, -0.05) is 11.6 Å². The van der Waals surface area contributed by atoms with Crippen molar-refractivity contribution in [3.63, 3.8) is 0 Å². The Morgan fingerprint density at radius 2 is 1.84 bits per heavy atom. The van der Waals surface area contributed by atoms with E-state index in [0.29, 0.717) is 5.69 Å². The molecule has 8 heteroatoms. The summed E-state index contributed by atoms with van der Waals surface area (Å²) in [5.74, 6) is 0. The molecule has 0 spiro atoms. The quantitative estimate of drug-likeness (QED) is 0.763. The van der Waals surface area contributed by atoms with Crippen molar-refractivity contribution in [1.82, 2.24) is 4.98 Å². The van der Waals surface area contributed by atoms with Crippen LogP contribution in [0.1, 0.15) is 0 Å². The van der Waals surface area contributed by atoms with Gasteiger partial charge in [0.2, 0.25) is 0 Å².